The lowest BCUT2D eigenvalue weighted by Crippen LogP contribution is -2.50. The maximum absolute atomic E-state index is 13.4. The Bertz CT molecular complexity index is 1240. The van der Waals surface area contributed by atoms with Crippen molar-refractivity contribution in [2.24, 2.45) is 13.0 Å². The number of nitrogens with zero attached hydrogens (tertiary/aromatic N) is 4. The standard InChI is InChI=1S/C29H37N5O3/c1-20-5-6-26(34-9-7-33(8-10-34)16-22-18-37-19-22)14-28(20)29(35)31-21(2)23-11-24(13-27(12-23)36-4)25-15-30-32(3)17-25/h5-6,11-15,17,21-22H,7-10,16,18-19H2,1-4H3,(H,31,35)/t21-/m1/s1. The zero-order valence-corrected chi connectivity index (χ0v) is 22.2. The van der Waals surface area contributed by atoms with Crippen molar-refractivity contribution in [1.82, 2.24) is 20.0 Å². The summed E-state index contributed by atoms with van der Waals surface area (Å²) in [6.45, 7) is 10.9. The van der Waals surface area contributed by atoms with Gasteiger partial charge >= 0.3 is 0 Å². The van der Waals surface area contributed by atoms with Gasteiger partial charge in [-0.25, -0.2) is 0 Å². The molecule has 3 heterocycles. The van der Waals surface area contributed by atoms with E-state index in [1.807, 2.05) is 51.5 Å². The summed E-state index contributed by atoms with van der Waals surface area (Å²) in [6.07, 6.45) is 3.80. The summed E-state index contributed by atoms with van der Waals surface area (Å²) < 4.78 is 12.6. The number of piperazine rings is 1. The molecule has 0 spiro atoms. The molecule has 5 rings (SSSR count). The lowest BCUT2D eigenvalue weighted by atomic mass is 10.0. The average molecular weight is 504 g/mol. The lowest BCUT2D eigenvalue weighted by molar-refractivity contribution is -0.0468. The van der Waals surface area contributed by atoms with Gasteiger partial charge in [0.05, 0.1) is 32.6 Å². The largest absolute Gasteiger partial charge is 0.497 e. The molecule has 8 heteroatoms. The molecule has 0 aliphatic carbocycles. The van der Waals surface area contributed by atoms with Gasteiger partial charge in [0.25, 0.3) is 5.91 Å². The van der Waals surface area contributed by atoms with Crippen molar-refractivity contribution in [2.75, 3.05) is 57.9 Å². The Balaban J connectivity index is 1.27. The van der Waals surface area contributed by atoms with Gasteiger partial charge in [0.2, 0.25) is 0 Å². The molecule has 8 nitrogen and oxygen atoms in total. The fourth-order valence-corrected chi connectivity index (χ4v) is 5.08. The van der Waals surface area contributed by atoms with E-state index in [9.17, 15) is 4.79 Å². The minimum absolute atomic E-state index is 0.0683. The van der Waals surface area contributed by atoms with Gasteiger partial charge in [-0.15, -0.1) is 0 Å². The Kier molecular flexibility index (Phi) is 7.48. The SMILES string of the molecule is COc1cc(-c2cnn(C)c2)cc([C@@H](C)NC(=O)c2cc(N3CCN(CC4COC4)CC3)ccc2C)c1. The summed E-state index contributed by atoms with van der Waals surface area (Å²) >= 11 is 0. The highest BCUT2D eigenvalue weighted by Crippen LogP contribution is 2.29. The van der Waals surface area contributed by atoms with Gasteiger partial charge in [0.1, 0.15) is 5.75 Å². The summed E-state index contributed by atoms with van der Waals surface area (Å²) in [7, 11) is 3.56. The third-order valence-electron chi connectivity index (χ3n) is 7.48. The first kappa shape index (κ1) is 25.3. The Morgan fingerprint density at radius 2 is 1.92 bits per heavy atom. The van der Waals surface area contributed by atoms with E-state index in [-0.39, 0.29) is 11.9 Å². The number of benzene rings is 2. The van der Waals surface area contributed by atoms with Gasteiger partial charge in [-0.05, 0) is 60.9 Å². The van der Waals surface area contributed by atoms with E-state index in [4.69, 9.17) is 9.47 Å². The zero-order chi connectivity index (χ0) is 25.9. The van der Waals surface area contributed by atoms with Crippen LogP contribution < -0.4 is 15.0 Å². The molecular weight excluding hydrogens is 466 g/mol. The summed E-state index contributed by atoms with van der Waals surface area (Å²) in [5, 5.41) is 7.49. The molecular formula is C29H37N5O3. The maximum atomic E-state index is 13.4. The molecule has 196 valence electrons. The number of ether oxygens (including phenoxy) is 2. The van der Waals surface area contributed by atoms with Crippen LogP contribution in [-0.4, -0.2) is 73.6 Å². The second-order valence-electron chi connectivity index (χ2n) is 10.3. The van der Waals surface area contributed by atoms with Crippen molar-refractivity contribution < 1.29 is 14.3 Å². The number of hydrogen-bond donors (Lipinski definition) is 1. The van der Waals surface area contributed by atoms with Crippen molar-refractivity contribution >= 4 is 11.6 Å². The predicted molar refractivity (Wildman–Crippen MR) is 145 cm³/mol. The number of carbonyl (C=O) groups excluding carboxylic acids is 1. The quantitative estimate of drug-likeness (QED) is 0.506. The summed E-state index contributed by atoms with van der Waals surface area (Å²) in [5.41, 5.74) is 5.78. The Hall–Kier alpha value is -3.36. The normalized spacial score (nSPS) is 17.4. The number of rotatable bonds is 8. The van der Waals surface area contributed by atoms with Gasteiger partial charge in [0.15, 0.2) is 0 Å². The molecule has 3 aromatic rings. The lowest BCUT2D eigenvalue weighted by Gasteiger charge is -2.39. The molecule has 2 aliphatic heterocycles. The highest BCUT2D eigenvalue weighted by Gasteiger charge is 2.25. The highest BCUT2D eigenvalue weighted by atomic mass is 16.5. The topological polar surface area (TPSA) is 71.9 Å². The van der Waals surface area contributed by atoms with Crippen molar-refractivity contribution in [3.8, 4) is 16.9 Å². The number of anilines is 1. The van der Waals surface area contributed by atoms with E-state index < -0.39 is 0 Å². The van der Waals surface area contributed by atoms with Crippen LogP contribution in [0.2, 0.25) is 0 Å². The number of carbonyl (C=O) groups is 1. The third kappa shape index (κ3) is 5.81. The van der Waals surface area contributed by atoms with E-state index in [2.05, 4.69) is 38.4 Å². The molecule has 2 aromatic carbocycles. The van der Waals surface area contributed by atoms with Crippen LogP contribution in [0.1, 0.15) is 34.5 Å². The first-order chi connectivity index (χ1) is 17.9. The van der Waals surface area contributed by atoms with Crippen molar-refractivity contribution in [3.63, 3.8) is 0 Å². The van der Waals surface area contributed by atoms with Gasteiger partial charge in [-0.2, -0.15) is 5.10 Å². The van der Waals surface area contributed by atoms with Crippen LogP contribution >= 0.6 is 0 Å². The van der Waals surface area contributed by atoms with Crippen LogP contribution in [-0.2, 0) is 11.8 Å². The second kappa shape index (κ2) is 10.9. The number of methoxy groups -OCH3 is 1. The number of aromatic nitrogens is 2. The van der Waals surface area contributed by atoms with Crippen molar-refractivity contribution in [1.29, 1.82) is 0 Å². The number of nitrogens with one attached hydrogen (secondary N) is 1. The third-order valence-corrected chi connectivity index (χ3v) is 7.48. The fraction of sp³-hybridized carbons (Fsp3) is 0.448. The van der Waals surface area contributed by atoms with Crippen LogP contribution in [0.25, 0.3) is 11.1 Å². The maximum Gasteiger partial charge on any atom is 0.252 e. The second-order valence-corrected chi connectivity index (χ2v) is 10.3. The highest BCUT2D eigenvalue weighted by molar-refractivity contribution is 5.97. The molecule has 0 bridgehead atoms. The molecule has 2 fully saturated rings. The molecule has 2 saturated heterocycles. The van der Waals surface area contributed by atoms with Crippen molar-refractivity contribution in [2.45, 2.75) is 19.9 Å². The Morgan fingerprint density at radius 3 is 2.57 bits per heavy atom. The minimum Gasteiger partial charge on any atom is -0.497 e. The van der Waals surface area contributed by atoms with Crippen LogP contribution in [0.3, 0.4) is 0 Å². The van der Waals surface area contributed by atoms with Gasteiger partial charge in [-0.3, -0.25) is 14.4 Å². The molecule has 1 atom stereocenters. The summed E-state index contributed by atoms with van der Waals surface area (Å²) in [6, 6.07) is 12.1. The monoisotopic (exact) mass is 503 g/mol. The number of hydrogen-bond acceptors (Lipinski definition) is 6. The molecule has 37 heavy (non-hydrogen) atoms. The Labute approximate surface area is 219 Å². The first-order valence-corrected chi connectivity index (χ1v) is 13.0. The molecule has 0 unspecified atom stereocenters. The van der Waals surface area contributed by atoms with E-state index in [1.54, 1.807) is 11.8 Å². The van der Waals surface area contributed by atoms with E-state index in [0.717, 1.165) is 79.6 Å². The molecule has 2 aliphatic rings. The van der Waals surface area contributed by atoms with Gasteiger partial charge in [-0.1, -0.05) is 6.07 Å². The van der Waals surface area contributed by atoms with E-state index >= 15 is 0 Å². The minimum atomic E-state index is -0.194. The van der Waals surface area contributed by atoms with E-state index in [0.29, 0.717) is 11.5 Å². The molecule has 1 N–H and O–H groups in total. The van der Waals surface area contributed by atoms with Crippen LogP contribution in [0.15, 0.2) is 48.8 Å². The molecule has 0 radical (unpaired) electrons. The van der Waals surface area contributed by atoms with E-state index in [1.165, 1.54) is 0 Å². The fourth-order valence-electron chi connectivity index (χ4n) is 5.08. The summed E-state index contributed by atoms with van der Waals surface area (Å²) in [5.74, 6) is 1.37. The number of aryl methyl sites for hydroxylation is 2. The zero-order valence-electron chi connectivity index (χ0n) is 22.2. The smallest absolute Gasteiger partial charge is 0.252 e. The predicted octanol–water partition coefficient (Wildman–Crippen LogP) is 3.66. The van der Waals surface area contributed by atoms with Crippen LogP contribution in [0.5, 0.6) is 5.75 Å². The van der Waals surface area contributed by atoms with Gasteiger partial charge < -0.3 is 19.7 Å². The van der Waals surface area contributed by atoms with Crippen LogP contribution in [0.4, 0.5) is 5.69 Å². The number of amides is 1. The average Bonchev–Trinajstić information content (AvgIpc) is 3.33. The molecule has 1 amide bonds. The summed E-state index contributed by atoms with van der Waals surface area (Å²) in [4.78, 5) is 18.3. The molecule has 1 aromatic heterocycles. The van der Waals surface area contributed by atoms with Crippen molar-refractivity contribution in [3.05, 3.63) is 65.5 Å². The first-order valence-electron chi connectivity index (χ1n) is 13.0. The van der Waals surface area contributed by atoms with Crippen LogP contribution in [0, 0.1) is 12.8 Å². The van der Waals surface area contributed by atoms with Gasteiger partial charge in [0, 0.05) is 68.7 Å². The molecule has 0 saturated carbocycles. The Morgan fingerprint density at radius 1 is 1.14 bits per heavy atom.